The zero-order valence-corrected chi connectivity index (χ0v) is 19.5. The zero-order valence-electron chi connectivity index (χ0n) is 18.0. The van der Waals surface area contributed by atoms with Crippen LogP contribution in [0.5, 0.6) is 5.75 Å². The van der Waals surface area contributed by atoms with Crippen molar-refractivity contribution in [3.05, 3.63) is 106 Å². The fraction of sp³-hybridized carbons (Fsp3) is 0. The van der Waals surface area contributed by atoms with Gasteiger partial charge in [-0.3, -0.25) is 9.59 Å². The maximum atomic E-state index is 12.3. The number of esters is 1. The van der Waals surface area contributed by atoms with Gasteiger partial charge in [-0.15, -0.1) is 0 Å². The Morgan fingerprint density at radius 3 is 2.34 bits per heavy atom. The van der Waals surface area contributed by atoms with E-state index in [9.17, 15) is 14.4 Å². The third-order valence-electron chi connectivity index (χ3n) is 4.87. The minimum Gasteiger partial charge on any atom is -0.423 e. The molecular formula is C26H17Cl2N3O4. The van der Waals surface area contributed by atoms with Gasteiger partial charge in [-0.2, -0.15) is 5.10 Å². The molecule has 7 nitrogen and oxygen atoms in total. The molecule has 174 valence electrons. The van der Waals surface area contributed by atoms with Crippen LogP contribution in [0.15, 0.2) is 90.0 Å². The molecule has 0 fully saturated rings. The summed E-state index contributed by atoms with van der Waals surface area (Å²) in [5, 5.41) is 8.75. The summed E-state index contributed by atoms with van der Waals surface area (Å²) in [6.45, 7) is 0. The Hall–Kier alpha value is -4.20. The van der Waals surface area contributed by atoms with Crippen molar-refractivity contribution in [1.29, 1.82) is 0 Å². The van der Waals surface area contributed by atoms with Crippen LogP contribution in [-0.2, 0) is 9.59 Å². The number of rotatable bonds is 5. The van der Waals surface area contributed by atoms with E-state index in [0.29, 0.717) is 16.3 Å². The van der Waals surface area contributed by atoms with Gasteiger partial charge in [-0.1, -0.05) is 59.6 Å². The normalized spacial score (nSPS) is 10.8. The number of carbonyl (C=O) groups excluding carboxylic acids is 3. The lowest BCUT2D eigenvalue weighted by atomic mass is 10.1. The van der Waals surface area contributed by atoms with E-state index in [1.54, 1.807) is 42.5 Å². The van der Waals surface area contributed by atoms with Crippen LogP contribution in [0.25, 0.3) is 10.8 Å². The topological polar surface area (TPSA) is 96.9 Å². The molecule has 2 amide bonds. The lowest BCUT2D eigenvalue weighted by molar-refractivity contribution is -0.136. The fourth-order valence-corrected chi connectivity index (χ4v) is 3.65. The van der Waals surface area contributed by atoms with Crippen LogP contribution >= 0.6 is 23.2 Å². The van der Waals surface area contributed by atoms with E-state index in [1.165, 1.54) is 18.3 Å². The van der Waals surface area contributed by atoms with E-state index in [1.807, 2.05) is 30.3 Å². The highest BCUT2D eigenvalue weighted by Crippen LogP contribution is 2.24. The Morgan fingerprint density at radius 1 is 0.829 bits per heavy atom. The van der Waals surface area contributed by atoms with Crippen LogP contribution in [-0.4, -0.2) is 24.0 Å². The summed E-state index contributed by atoms with van der Waals surface area (Å²) >= 11 is 11.9. The van der Waals surface area contributed by atoms with E-state index < -0.39 is 17.8 Å². The van der Waals surface area contributed by atoms with Gasteiger partial charge < -0.3 is 10.1 Å². The Labute approximate surface area is 210 Å². The minimum atomic E-state index is -0.917. The number of anilines is 1. The first-order valence-electron chi connectivity index (χ1n) is 10.3. The van der Waals surface area contributed by atoms with E-state index in [-0.39, 0.29) is 16.3 Å². The number of halogens is 2. The average Bonchev–Trinajstić information content (AvgIpc) is 2.85. The summed E-state index contributed by atoms with van der Waals surface area (Å²) in [7, 11) is 0. The monoisotopic (exact) mass is 505 g/mol. The van der Waals surface area contributed by atoms with Gasteiger partial charge in [0.05, 0.1) is 16.8 Å². The van der Waals surface area contributed by atoms with Gasteiger partial charge >= 0.3 is 17.8 Å². The number of nitrogens with one attached hydrogen (secondary N) is 2. The molecule has 0 saturated heterocycles. The van der Waals surface area contributed by atoms with Crippen LogP contribution in [0.4, 0.5) is 5.69 Å². The van der Waals surface area contributed by atoms with Crippen molar-refractivity contribution in [3.63, 3.8) is 0 Å². The highest BCUT2D eigenvalue weighted by atomic mass is 35.5. The van der Waals surface area contributed by atoms with Crippen molar-refractivity contribution in [2.75, 3.05) is 5.32 Å². The quantitative estimate of drug-likeness (QED) is 0.124. The summed E-state index contributed by atoms with van der Waals surface area (Å²) in [6.07, 6.45) is 1.35. The number of amides is 2. The van der Waals surface area contributed by atoms with Gasteiger partial charge in [0, 0.05) is 16.1 Å². The second kappa shape index (κ2) is 10.8. The standard InChI is InChI=1S/C26H17Cl2N3O4/c27-18-10-13-21(22(28)14-18)26(34)35-19-11-8-16(9-12-19)15-29-31-25(33)24(32)30-23-7-3-5-17-4-1-2-6-20(17)23/h1-15H,(H,30,32)(H,31,33)/b29-15+. The van der Waals surface area contributed by atoms with Crippen molar-refractivity contribution in [2.24, 2.45) is 5.10 Å². The molecule has 0 bridgehead atoms. The molecule has 0 aliphatic carbocycles. The maximum Gasteiger partial charge on any atom is 0.345 e. The van der Waals surface area contributed by atoms with Gasteiger partial charge in [-0.05, 0) is 59.5 Å². The average molecular weight is 506 g/mol. The second-order valence-corrected chi connectivity index (χ2v) is 8.11. The van der Waals surface area contributed by atoms with Gasteiger partial charge in [0.2, 0.25) is 0 Å². The smallest absolute Gasteiger partial charge is 0.345 e. The first kappa shape index (κ1) is 23.9. The highest BCUT2D eigenvalue weighted by Gasteiger charge is 2.15. The molecule has 0 atom stereocenters. The van der Waals surface area contributed by atoms with E-state index in [2.05, 4.69) is 15.8 Å². The number of hydrogen-bond donors (Lipinski definition) is 2. The first-order chi connectivity index (χ1) is 16.9. The molecule has 4 aromatic rings. The fourth-order valence-electron chi connectivity index (χ4n) is 3.17. The predicted octanol–water partition coefficient (Wildman–Crippen LogP) is 5.45. The van der Waals surface area contributed by atoms with Crippen LogP contribution in [0, 0.1) is 0 Å². The maximum absolute atomic E-state index is 12.3. The zero-order chi connectivity index (χ0) is 24.8. The lowest BCUT2D eigenvalue weighted by Gasteiger charge is -2.07. The molecule has 0 spiro atoms. The van der Waals surface area contributed by atoms with Gasteiger partial charge in [0.25, 0.3) is 0 Å². The molecule has 2 N–H and O–H groups in total. The van der Waals surface area contributed by atoms with E-state index in [0.717, 1.165) is 10.8 Å². The highest BCUT2D eigenvalue weighted by molar-refractivity contribution is 6.40. The number of fused-ring (bicyclic) bond motifs is 1. The number of hydrogen-bond acceptors (Lipinski definition) is 5. The summed E-state index contributed by atoms with van der Waals surface area (Å²) in [5.41, 5.74) is 3.50. The number of hydrazone groups is 1. The van der Waals surface area contributed by atoms with Crippen LogP contribution in [0.2, 0.25) is 10.0 Å². The van der Waals surface area contributed by atoms with Gasteiger partial charge in [-0.25, -0.2) is 10.2 Å². The predicted molar refractivity (Wildman–Crippen MR) is 136 cm³/mol. The largest absolute Gasteiger partial charge is 0.423 e. The molecule has 0 heterocycles. The number of ether oxygens (including phenoxy) is 1. The molecule has 9 heteroatoms. The second-order valence-electron chi connectivity index (χ2n) is 7.26. The van der Waals surface area contributed by atoms with Gasteiger partial charge in [0.1, 0.15) is 5.75 Å². The van der Waals surface area contributed by atoms with Crippen molar-refractivity contribution in [1.82, 2.24) is 5.43 Å². The summed E-state index contributed by atoms with van der Waals surface area (Å²) in [6, 6.07) is 23.7. The van der Waals surface area contributed by atoms with Crippen molar-refractivity contribution in [3.8, 4) is 5.75 Å². The Morgan fingerprint density at radius 2 is 1.57 bits per heavy atom. The number of nitrogens with zero attached hydrogens (tertiary/aromatic N) is 1. The Bertz CT molecular complexity index is 1450. The molecule has 4 rings (SSSR count). The molecule has 0 aliphatic heterocycles. The molecule has 0 unspecified atom stereocenters. The lowest BCUT2D eigenvalue weighted by Crippen LogP contribution is -2.32. The molecule has 4 aromatic carbocycles. The SMILES string of the molecule is O=C(N/N=C/c1ccc(OC(=O)c2ccc(Cl)cc2Cl)cc1)C(=O)Nc1cccc2ccccc12. The third-order valence-corrected chi connectivity index (χ3v) is 5.41. The Balaban J connectivity index is 1.32. The molecule has 0 saturated carbocycles. The summed E-state index contributed by atoms with van der Waals surface area (Å²) in [5.74, 6) is -2.10. The molecule has 0 aliphatic rings. The van der Waals surface area contributed by atoms with E-state index in [4.69, 9.17) is 27.9 Å². The Kier molecular flexibility index (Phi) is 7.40. The van der Waals surface area contributed by atoms with Crippen molar-refractivity contribution < 1.29 is 19.1 Å². The van der Waals surface area contributed by atoms with Crippen LogP contribution in [0.1, 0.15) is 15.9 Å². The molecule has 0 radical (unpaired) electrons. The van der Waals surface area contributed by atoms with Crippen molar-refractivity contribution >= 4 is 63.7 Å². The van der Waals surface area contributed by atoms with E-state index >= 15 is 0 Å². The minimum absolute atomic E-state index is 0.186. The summed E-state index contributed by atoms with van der Waals surface area (Å²) in [4.78, 5) is 36.6. The third kappa shape index (κ3) is 6.03. The number of benzene rings is 4. The van der Waals surface area contributed by atoms with Crippen molar-refractivity contribution in [2.45, 2.75) is 0 Å². The van der Waals surface area contributed by atoms with Crippen LogP contribution < -0.4 is 15.5 Å². The van der Waals surface area contributed by atoms with Gasteiger partial charge in [0.15, 0.2) is 0 Å². The van der Waals surface area contributed by atoms with Crippen LogP contribution in [0.3, 0.4) is 0 Å². The summed E-state index contributed by atoms with van der Waals surface area (Å²) < 4.78 is 5.30. The number of carbonyl (C=O) groups is 3. The first-order valence-corrected chi connectivity index (χ1v) is 11.1. The molecule has 0 aromatic heterocycles. The molecule has 35 heavy (non-hydrogen) atoms. The molecular weight excluding hydrogens is 489 g/mol.